The third kappa shape index (κ3) is 11.4. The maximum absolute atomic E-state index is 4.69. The molecule has 2 N–H and O–H groups in total. The standard InChI is InChI=1S/C18H41N5/c1-8-19-18(20-13-15-22(7)16(4)5)21-17(6)12-11-14-23(9-2)10-3/h16-17H,8-15H2,1-7H3,(H2,19,20,21). The lowest BCUT2D eigenvalue weighted by Crippen LogP contribution is -2.43. The topological polar surface area (TPSA) is 42.9 Å². The number of hydrogen-bond acceptors (Lipinski definition) is 3. The van der Waals surface area contributed by atoms with Crippen LogP contribution in [0.3, 0.4) is 0 Å². The first kappa shape index (κ1) is 22.2. The molecule has 1 unspecified atom stereocenters. The predicted molar refractivity (Wildman–Crippen MR) is 103 cm³/mol. The summed E-state index contributed by atoms with van der Waals surface area (Å²) in [6.07, 6.45) is 2.40. The monoisotopic (exact) mass is 327 g/mol. The summed E-state index contributed by atoms with van der Waals surface area (Å²) in [4.78, 5) is 9.49. The number of nitrogens with zero attached hydrogens (tertiary/aromatic N) is 3. The number of nitrogens with one attached hydrogen (secondary N) is 2. The Labute approximate surface area is 144 Å². The zero-order valence-corrected chi connectivity index (χ0v) is 16.7. The molecule has 0 amide bonds. The molecule has 1 atom stereocenters. The van der Waals surface area contributed by atoms with Gasteiger partial charge in [0.15, 0.2) is 5.96 Å². The van der Waals surface area contributed by atoms with Crippen molar-refractivity contribution in [3.63, 3.8) is 0 Å². The van der Waals surface area contributed by atoms with Gasteiger partial charge >= 0.3 is 0 Å². The molecule has 0 aliphatic rings. The second-order valence-electron chi connectivity index (χ2n) is 6.55. The summed E-state index contributed by atoms with van der Waals surface area (Å²) in [6, 6.07) is 1.02. The molecule has 0 aromatic carbocycles. The Morgan fingerprint density at radius 3 is 2.22 bits per heavy atom. The molecule has 0 saturated heterocycles. The van der Waals surface area contributed by atoms with Crippen molar-refractivity contribution in [3.8, 4) is 0 Å². The highest BCUT2D eigenvalue weighted by molar-refractivity contribution is 5.80. The van der Waals surface area contributed by atoms with E-state index in [9.17, 15) is 0 Å². The van der Waals surface area contributed by atoms with E-state index in [1.165, 1.54) is 19.4 Å². The highest BCUT2D eigenvalue weighted by Crippen LogP contribution is 2.00. The van der Waals surface area contributed by atoms with Crippen LogP contribution in [-0.4, -0.2) is 74.2 Å². The van der Waals surface area contributed by atoms with Gasteiger partial charge in [0.2, 0.25) is 0 Å². The van der Waals surface area contributed by atoms with Gasteiger partial charge in [-0.05, 0) is 67.2 Å². The van der Waals surface area contributed by atoms with Crippen molar-refractivity contribution in [3.05, 3.63) is 0 Å². The van der Waals surface area contributed by atoms with Gasteiger partial charge in [-0.25, -0.2) is 0 Å². The number of likely N-dealkylation sites (N-methyl/N-ethyl adjacent to an activating group) is 1. The fourth-order valence-corrected chi connectivity index (χ4v) is 2.36. The number of aliphatic imine (C=N–C) groups is 1. The van der Waals surface area contributed by atoms with E-state index in [2.05, 4.69) is 69.0 Å². The Bertz CT molecular complexity index is 300. The van der Waals surface area contributed by atoms with Crippen LogP contribution in [0.15, 0.2) is 4.99 Å². The van der Waals surface area contributed by atoms with Crippen molar-refractivity contribution in [2.75, 3.05) is 46.3 Å². The van der Waals surface area contributed by atoms with E-state index < -0.39 is 0 Å². The van der Waals surface area contributed by atoms with Crippen molar-refractivity contribution in [2.24, 2.45) is 4.99 Å². The van der Waals surface area contributed by atoms with Crippen molar-refractivity contribution >= 4 is 5.96 Å². The zero-order chi connectivity index (χ0) is 17.7. The SMILES string of the molecule is CCNC(=NCCN(C)C(C)C)NC(C)CCCN(CC)CC. The maximum atomic E-state index is 4.69. The van der Waals surface area contributed by atoms with E-state index in [4.69, 9.17) is 4.99 Å². The van der Waals surface area contributed by atoms with E-state index in [0.717, 1.165) is 38.7 Å². The molecule has 5 nitrogen and oxygen atoms in total. The number of hydrogen-bond donors (Lipinski definition) is 2. The highest BCUT2D eigenvalue weighted by Gasteiger charge is 2.07. The molecule has 0 aromatic rings. The molecule has 23 heavy (non-hydrogen) atoms. The molecule has 0 heterocycles. The number of rotatable bonds is 12. The molecular weight excluding hydrogens is 286 g/mol. The minimum atomic E-state index is 0.450. The van der Waals surface area contributed by atoms with Crippen LogP contribution >= 0.6 is 0 Å². The third-order valence-corrected chi connectivity index (χ3v) is 4.34. The Morgan fingerprint density at radius 1 is 1.04 bits per heavy atom. The first-order valence-electron chi connectivity index (χ1n) is 9.41. The molecule has 0 radical (unpaired) electrons. The first-order valence-corrected chi connectivity index (χ1v) is 9.41. The minimum Gasteiger partial charge on any atom is -0.357 e. The smallest absolute Gasteiger partial charge is 0.191 e. The number of guanidine groups is 1. The van der Waals surface area contributed by atoms with Crippen LogP contribution in [0.5, 0.6) is 0 Å². The van der Waals surface area contributed by atoms with Crippen LogP contribution in [0.25, 0.3) is 0 Å². The fourth-order valence-electron chi connectivity index (χ4n) is 2.36. The van der Waals surface area contributed by atoms with Crippen molar-refractivity contribution in [1.82, 2.24) is 20.4 Å². The Morgan fingerprint density at radius 2 is 1.70 bits per heavy atom. The largest absolute Gasteiger partial charge is 0.357 e. The van der Waals surface area contributed by atoms with E-state index in [-0.39, 0.29) is 0 Å². The van der Waals surface area contributed by atoms with Gasteiger partial charge in [-0.3, -0.25) is 4.99 Å². The minimum absolute atomic E-state index is 0.450. The summed E-state index contributed by atoms with van der Waals surface area (Å²) in [5, 5.41) is 6.88. The summed E-state index contributed by atoms with van der Waals surface area (Å²) in [6.45, 7) is 19.4. The molecule has 138 valence electrons. The molecule has 0 aromatic heterocycles. The Balaban J connectivity index is 4.18. The Kier molecular flexibility index (Phi) is 13.1. The van der Waals surface area contributed by atoms with E-state index in [1.54, 1.807) is 0 Å². The molecule has 0 fully saturated rings. The van der Waals surface area contributed by atoms with Crippen molar-refractivity contribution < 1.29 is 0 Å². The van der Waals surface area contributed by atoms with Crippen LogP contribution in [-0.2, 0) is 0 Å². The zero-order valence-electron chi connectivity index (χ0n) is 16.7. The van der Waals surface area contributed by atoms with E-state index in [0.29, 0.717) is 12.1 Å². The van der Waals surface area contributed by atoms with Crippen molar-refractivity contribution in [1.29, 1.82) is 0 Å². The second kappa shape index (κ2) is 13.6. The second-order valence-corrected chi connectivity index (χ2v) is 6.55. The van der Waals surface area contributed by atoms with E-state index >= 15 is 0 Å². The predicted octanol–water partition coefficient (Wildman–Crippen LogP) is 2.39. The molecular formula is C18H41N5. The Hall–Kier alpha value is -0.810. The van der Waals surface area contributed by atoms with Gasteiger partial charge in [-0.1, -0.05) is 13.8 Å². The van der Waals surface area contributed by atoms with Crippen LogP contribution in [0, 0.1) is 0 Å². The third-order valence-electron chi connectivity index (χ3n) is 4.34. The lowest BCUT2D eigenvalue weighted by atomic mass is 10.2. The average molecular weight is 328 g/mol. The molecule has 0 aliphatic heterocycles. The summed E-state index contributed by atoms with van der Waals surface area (Å²) in [5.41, 5.74) is 0. The van der Waals surface area contributed by atoms with Gasteiger partial charge < -0.3 is 20.4 Å². The maximum Gasteiger partial charge on any atom is 0.191 e. The highest BCUT2D eigenvalue weighted by atomic mass is 15.2. The van der Waals surface area contributed by atoms with Crippen LogP contribution in [0.1, 0.15) is 54.4 Å². The van der Waals surface area contributed by atoms with Gasteiger partial charge in [-0.15, -0.1) is 0 Å². The van der Waals surface area contributed by atoms with Crippen molar-refractivity contribution in [2.45, 2.75) is 66.5 Å². The van der Waals surface area contributed by atoms with Gasteiger partial charge in [0.05, 0.1) is 6.54 Å². The lowest BCUT2D eigenvalue weighted by Gasteiger charge is -2.22. The normalized spacial score (nSPS) is 13.9. The van der Waals surface area contributed by atoms with Crippen LogP contribution < -0.4 is 10.6 Å². The van der Waals surface area contributed by atoms with Gasteiger partial charge in [-0.2, -0.15) is 0 Å². The molecule has 0 bridgehead atoms. The van der Waals surface area contributed by atoms with Crippen LogP contribution in [0.2, 0.25) is 0 Å². The quantitative estimate of drug-likeness (QED) is 0.427. The van der Waals surface area contributed by atoms with Gasteiger partial charge in [0.25, 0.3) is 0 Å². The first-order chi connectivity index (χ1) is 10.9. The van der Waals surface area contributed by atoms with Gasteiger partial charge in [0, 0.05) is 25.2 Å². The molecule has 0 spiro atoms. The molecule has 0 saturated carbocycles. The fraction of sp³-hybridized carbons (Fsp3) is 0.944. The average Bonchev–Trinajstić information content (AvgIpc) is 2.51. The summed E-state index contributed by atoms with van der Waals surface area (Å²) in [7, 11) is 2.15. The summed E-state index contributed by atoms with van der Waals surface area (Å²) < 4.78 is 0. The van der Waals surface area contributed by atoms with Crippen LogP contribution in [0.4, 0.5) is 0 Å². The molecule has 0 rings (SSSR count). The lowest BCUT2D eigenvalue weighted by molar-refractivity contribution is 0.282. The molecule has 0 aliphatic carbocycles. The summed E-state index contributed by atoms with van der Waals surface area (Å²) >= 11 is 0. The summed E-state index contributed by atoms with van der Waals surface area (Å²) in [5.74, 6) is 0.944. The van der Waals surface area contributed by atoms with Gasteiger partial charge in [0.1, 0.15) is 0 Å². The molecule has 5 heteroatoms. The van der Waals surface area contributed by atoms with E-state index in [1.807, 2.05) is 0 Å².